The number of nitrogens with one attached hydrogen (secondary N) is 1. The van der Waals surface area contributed by atoms with E-state index in [-0.39, 0.29) is 11.4 Å². The van der Waals surface area contributed by atoms with Gasteiger partial charge in [-0.3, -0.25) is 0 Å². The molecule has 0 spiro atoms. The molecule has 0 radical (unpaired) electrons. The van der Waals surface area contributed by atoms with Crippen molar-refractivity contribution in [3.05, 3.63) is 63.4 Å². The van der Waals surface area contributed by atoms with Crippen LogP contribution in [-0.2, 0) is 6.54 Å². The van der Waals surface area contributed by atoms with Crippen LogP contribution in [0.15, 0.2) is 40.9 Å². The molecule has 0 fully saturated rings. The van der Waals surface area contributed by atoms with Gasteiger partial charge in [-0.05, 0) is 58.2 Å². The predicted molar refractivity (Wildman–Crippen MR) is 79.6 cm³/mol. The fourth-order valence-corrected chi connectivity index (χ4v) is 2.15. The average molecular weight is 338 g/mol. The molecule has 2 rings (SSSR count). The third kappa shape index (κ3) is 3.17. The van der Waals surface area contributed by atoms with Crippen LogP contribution in [-0.4, -0.2) is 11.1 Å². The lowest BCUT2D eigenvalue weighted by molar-refractivity contribution is 0.0696. The Bertz CT molecular complexity index is 658. The molecule has 2 aromatic rings. The van der Waals surface area contributed by atoms with Gasteiger partial charge in [0.05, 0.1) is 10.0 Å². The lowest BCUT2D eigenvalue weighted by atomic mass is 10.1. The van der Waals surface area contributed by atoms with E-state index in [0.29, 0.717) is 16.6 Å². The van der Waals surface area contributed by atoms with Crippen molar-refractivity contribution in [1.82, 2.24) is 0 Å². The van der Waals surface area contributed by atoms with Gasteiger partial charge in [-0.15, -0.1) is 0 Å². The van der Waals surface area contributed by atoms with E-state index < -0.39 is 5.97 Å². The van der Waals surface area contributed by atoms with Crippen molar-refractivity contribution in [3.63, 3.8) is 0 Å². The minimum atomic E-state index is -0.958. The molecule has 3 nitrogen and oxygen atoms in total. The summed E-state index contributed by atoms with van der Waals surface area (Å²) in [5.74, 6) is -1.28. The highest BCUT2D eigenvalue weighted by molar-refractivity contribution is 9.10. The van der Waals surface area contributed by atoms with Crippen LogP contribution in [0, 0.1) is 12.7 Å². The minimum Gasteiger partial charge on any atom is -0.478 e. The van der Waals surface area contributed by atoms with Crippen molar-refractivity contribution in [2.24, 2.45) is 0 Å². The van der Waals surface area contributed by atoms with Crippen LogP contribution in [0.2, 0.25) is 0 Å². The van der Waals surface area contributed by atoms with Gasteiger partial charge >= 0.3 is 5.97 Å². The molecule has 0 aliphatic heterocycles. The number of rotatable bonds is 4. The normalized spacial score (nSPS) is 10.3. The lowest BCUT2D eigenvalue weighted by Crippen LogP contribution is -2.06. The van der Waals surface area contributed by atoms with Gasteiger partial charge in [-0.2, -0.15) is 0 Å². The number of carboxylic acid groups (broad SMARTS) is 1. The first-order chi connectivity index (χ1) is 9.49. The highest BCUT2D eigenvalue weighted by Gasteiger charge is 2.09. The second-order valence-corrected chi connectivity index (χ2v) is 5.24. The number of hydrogen-bond donors (Lipinski definition) is 2. The molecule has 0 unspecified atom stereocenters. The smallest absolute Gasteiger partial charge is 0.336 e. The van der Waals surface area contributed by atoms with Crippen LogP contribution in [0.5, 0.6) is 0 Å². The van der Waals surface area contributed by atoms with Crippen LogP contribution in [0.4, 0.5) is 10.1 Å². The van der Waals surface area contributed by atoms with Gasteiger partial charge in [-0.1, -0.05) is 12.1 Å². The standard InChI is InChI=1S/C15H13BrFNO2/c1-9-11(15(19)20)3-2-4-14(9)18-8-10-5-6-12(16)13(17)7-10/h2-7,18H,8H2,1H3,(H,19,20). The highest BCUT2D eigenvalue weighted by Crippen LogP contribution is 2.21. The quantitative estimate of drug-likeness (QED) is 0.878. The van der Waals surface area contributed by atoms with Crippen molar-refractivity contribution in [2.45, 2.75) is 13.5 Å². The van der Waals surface area contributed by atoms with Crippen LogP contribution in [0.1, 0.15) is 21.5 Å². The van der Waals surface area contributed by atoms with Crippen LogP contribution >= 0.6 is 15.9 Å². The molecule has 0 atom stereocenters. The molecule has 0 saturated carbocycles. The molecule has 0 aliphatic rings. The Morgan fingerprint density at radius 1 is 1.35 bits per heavy atom. The molecule has 0 aliphatic carbocycles. The fraction of sp³-hybridized carbons (Fsp3) is 0.133. The topological polar surface area (TPSA) is 49.3 Å². The largest absolute Gasteiger partial charge is 0.478 e. The van der Waals surface area contributed by atoms with E-state index in [1.54, 1.807) is 37.3 Å². The van der Waals surface area contributed by atoms with Gasteiger partial charge in [0.2, 0.25) is 0 Å². The zero-order chi connectivity index (χ0) is 14.7. The summed E-state index contributed by atoms with van der Waals surface area (Å²) >= 11 is 3.10. The number of aromatic carboxylic acids is 1. The van der Waals surface area contributed by atoms with Gasteiger partial charge in [0, 0.05) is 12.2 Å². The number of anilines is 1. The van der Waals surface area contributed by atoms with Crippen molar-refractivity contribution in [3.8, 4) is 0 Å². The Labute approximate surface area is 124 Å². The van der Waals surface area contributed by atoms with E-state index in [9.17, 15) is 9.18 Å². The van der Waals surface area contributed by atoms with Crippen LogP contribution < -0.4 is 5.32 Å². The second kappa shape index (κ2) is 6.05. The maximum Gasteiger partial charge on any atom is 0.336 e. The Hall–Kier alpha value is -1.88. The number of carbonyl (C=O) groups is 1. The number of hydrogen-bond acceptors (Lipinski definition) is 2. The highest BCUT2D eigenvalue weighted by atomic mass is 79.9. The SMILES string of the molecule is Cc1c(NCc2ccc(Br)c(F)c2)cccc1C(=O)O. The maximum atomic E-state index is 13.4. The van der Waals surface area contributed by atoms with Gasteiger partial charge in [-0.25, -0.2) is 9.18 Å². The molecule has 0 amide bonds. The summed E-state index contributed by atoms with van der Waals surface area (Å²) in [5, 5.41) is 12.2. The molecular weight excluding hydrogens is 325 g/mol. The zero-order valence-corrected chi connectivity index (χ0v) is 12.4. The summed E-state index contributed by atoms with van der Waals surface area (Å²) in [7, 11) is 0. The monoisotopic (exact) mass is 337 g/mol. The second-order valence-electron chi connectivity index (χ2n) is 4.39. The molecule has 2 aromatic carbocycles. The first-order valence-electron chi connectivity index (χ1n) is 5.99. The zero-order valence-electron chi connectivity index (χ0n) is 10.8. The summed E-state index contributed by atoms with van der Waals surface area (Å²) in [6.07, 6.45) is 0. The van der Waals surface area contributed by atoms with Crippen molar-refractivity contribution < 1.29 is 14.3 Å². The van der Waals surface area contributed by atoms with E-state index in [0.717, 1.165) is 11.3 Å². The third-order valence-corrected chi connectivity index (χ3v) is 3.67. The van der Waals surface area contributed by atoms with Crippen molar-refractivity contribution >= 4 is 27.6 Å². The number of carboxylic acids is 1. The Morgan fingerprint density at radius 2 is 2.10 bits per heavy atom. The first-order valence-corrected chi connectivity index (χ1v) is 6.79. The predicted octanol–water partition coefficient (Wildman–Crippen LogP) is 4.21. The number of benzene rings is 2. The Kier molecular flexibility index (Phi) is 4.39. The third-order valence-electron chi connectivity index (χ3n) is 3.03. The lowest BCUT2D eigenvalue weighted by Gasteiger charge is -2.11. The van der Waals surface area contributed by atoms with E-state index in [2.05, 4.69) is 21.2 Å². The fourth-order valence-electron chi connectivity index (χ4n) is 1.91. The van der Waals surface area contributed by atoms with Gasteiger partial charge in [0.25, 0.3) is 0 Å². The van der Waals surface area contributed by atoms with E-state index in [4.69, 9.17) is 5.11 Å². The molecule has 2 N–H and O–H groups in total. The summed E-state index contributed by atoms with van der Waals surface area (Å²) in [4.78, 5) is 11.0. The summed E-state index contributed by atoms with van der Waals surface area (Å²) in [5.41, 5.74) is 2.44. The Morgan fingerprint density at radius 3 is 2.75 bits per heavy atom. The van der Waals surface area contributed by atoms with Gasteiger partial charge in [0.1, 0.15) is 5.82 Å². The van der Waals surface area contributed by atoms with Gasteiger partial charge in [0.15, 0.2) is 0 Å². The van der Waals surface area contributed by atoms with Crippen LogP contribution in [0.3, 0.4) is 0 Å². The molecule has 104 valence electrons. The molecular formula is C15H13BrFNO2. The van der Waals surface area contributed by atoms with Crippen molar-refractivity contribution in [1.29, 1.82) is 0 Å². The van der Waals surface area contributed by atoms with E-state index >= 15 is 0 Å². The first kappa shape index (κ1) is 14.5. The maximum absolute atomic E-state index is 13.4. The van der Waals surface area contributed by atoms with Gasteiger partial charge < -0.3 is 10.4 Å². The minimum absolute atomic E-state index is 0.261. The molecule has 0 bridgehead atoms. The molecule has 0 saturated heterocycles. The molecule has 0 heterocycles. The summed E-state index contributed by atoms with van der Waals surface area (Å²) < 4.78 is 13.8. The molecule has 5 heteroatoms. The average Bonchev–Trinajstić information content (AvgIpc) is 2.41. The summed E-state index contributed by atoms with van der Waals surface area (Å²) in [6, 6.07) is 9.93. The number of halogens is 2. The summed E-state index contributed by atoms with van der Waals surface area (Å²) in [6.45, 7) is 2.17. The molecule has 0 aromatic heterocycles. The Balaban J connectivity index is 2.17. The molecule has 20 heavy (non-hydrogen) atoms. The van der Waals surface area contributed by atoms with E-state index in [1.807, 2.05) is 0 Å². The van der Waals surface area contributed by atoms with E-state index in [1.165, 1.54) is 6.07 Å². The van der Waals surface area contributed by atoms with Crippen molar-refractivity contribution in [2.75, 3.05) is 5.32 Å². The van der Waals surface area contributed by atoms with Crippen LogP contribution in [0.25, 0.3) is 0 Å².